The molecule has 0 radical (unpaired) electrons. The number of terminal acetylenes is 1. The van der Waals surface area contributed by atoms with Crippen LogP contribution in [0.3, 0.4) is 0 Å². The molecule has 3 aromatic rings. The number of aryl methyl sites for hydroxylation is 1. The van der Waals surface area contributed by atoms with Crippen LogP contribution in [0.5, 0.6) is 5.75 Å². The fraction of sp³-hybridized carbons (Fsp3) is 0.481. The van der Waals surface area contributed by atoms with Crippen LogP contribution >= 0.6 is 7.75 Å². The lowest BCUT2D eigenvalue weighted by molar-refractivity contribution is -0.142. The number of ether oxygens (including phenoxy) is 2. The Balaban J connectivity index is 1.41. The molecule has 1 aliphatic heterocycles. The number of nitrogens with one attached hydrogen (secondary N) is 1. The van der Waals surface area contributed by atoms with E-state index in [1.54, 1.807) is 25.1 Å². The molecule has 1 unspecified atom stereocenters. The van der Waals surface area contributed by atoms with Gasteiger partial charge in [0.1, 0.15) is 29.8 Å². The zero-order valence-corrected chi connectivity index (χ0v) is 24.4. The van der Waals surface area contributed by atoms with E-state index in [1.165, 1.54) is 37.1 Å². The molecule has 2 aliphatic rings. The van der Waals surface area contributed by atoms with E-state index in [9.17, 15) is 14.5 Å². The maximum atomic E-state index is 16.3. The molecule has 2 fully saturated rings. The Morgan fingerprint density at radius 2 is 2.10 bits per heavy atom. The molecule has 6 atom stereocenters. The summed E-state index contributed by atoms with van der Waals surface area (Å²) < 4.78 is 53.1. The van der Waals surface area contributed by atoms with Crippen LogP contribution in [0.4, 0.5) is 10.2 Å². The lowest BCUT2D eigenvalue weighted by Gasteiger charge is -2.24. The highest BCUT2D eigenvalue weighted by Crippen LogP contribution is 2.48. The maximum absolute atomic E-state index is 16.3. The van der Waals surface area contributed by atoms with Gasteiger partial charge >= 0.3 is 13.7 Å². The molecule has 0 spiro atoms. The van der Waals surface area contributed by atoms with Crippen molar-refractivity contribution in [3.05, 3.63) is 42.5 Å². The molecule has 224 valence electrons. The SMILES string of the molecule is C#C[C@@]1(F)[C@H](O)[C@@H](COP(=O)(N[C@@H](C)C(=O)OC)Oc2ccccc2)O[C@H]1n1cnc2c(N(C)C3CC3)nc(C)nc21. The average molecular weight is 603 g/mol. The van der Waals surface area contributed by atoms with Crippen LogP contribution in [0.25, 0.3) is 11.2 Å². The van der Waals surface area contributed by atoms with Crippen molar-refractivity contribution in [2.45, 2.75) is 62.9 Å². The van der Waals surface area contributed by atoms with Crippen molar-refractivity contribution in [3.8, 4) is 18.1 Å². The molecule has 13 nitrogen and oxygen atoms in total. The van der Waals surface area contributed by atoms with Gasteiger partial charge in [-0.25, -0.2) is 23.9 Å². The van der Waals surface area contributed by atoms with Gasteiger partial charge in [-0.15, -0.1) is 6.42 Å². The number of aliphatic hydroxyl groups excluding tert-OH is 1. The normalized spacial score (nSPS) is 25.9. The smallest absolute Gasteiger partial charge is 0.459 e. The Bertz CT molecular complexity index is 1550. The molecule has 2 aromatic heterocycles. The summed E-state index contributed by atoms with van der Waals surface area (Å²) in [6, 6.07) is 7.32. The van der Waals surface area contributed by atoms with Crippen molar-refractivity contribution in [3.63, 3.8) is 0 Å². The highest BCUT2D eigenvalue weighted by Gasteiger charge is 2.58. The predicted octanol–water partition coefficient (Wildman–Crippen LogP) is 2.69. The van der Waals surface area contributed by atoms with Crippen LogP contribution < -0.4 is 14.5 Å². The third-order valence-electron chi connectivity index (χ3n) is 7.15. The summed E-state index contributed by atoms with van der Waals surface area (Å²) in [5.41, 5.74) is -2.04. The number of hydrogen-bond donors (Lipinski definition) is 2. The summed E-state index contributed by atoms with van der Waals surface area (Å²) in [5.74, 6) is 2.49. The van der Waals surface area contributed by atoms with E-state index in [-0.39, 0.29) is 11.4 Å². The van der Waals surface area contributed by atoms with E-state index >= 15 is 4.39 Å². The molecule has 2 N–H and O–H groups in total. The molecule has 1 saturated carbocycles. The first kappa shape index (κ1) is 29.9. The summed E-state index contributed by atoms with van der Waals surface area (Å²) in [6.07, 6.45) is 4.13. The first-order valence-electron chi connectivity index (χ1n) is 13.3. The van der Waals surface area contributed by atoms with Crippen LogP contribution in [-0.4, -0.2) is 81.3 Å². The number of fused-ring (bicyclic) bond motifs is 1. The van der Waals surface area contributed by atoms with Crippen molar-refractivity contribution in [2.24, 2.45) is 0 Å². The molecule has 1 aromatic carbocycles. The van der Waals surface area contributed by atoms with Gasteiger partial charge in [-0.05, 0) is 38.8 Å². The van der Waals surface area contributed by atoms with Gasteiger partial charge in [-0.3, -0.25) is 13.9 Å². The Kier molecular flexibility index (Phi) is 8.24. The standard InChI is InChI=1S/C27H32FN6O7P/c1-6-27(28)22(35)20(14-39-42(37,32-16(2)25(36)38-5)41-19-10-8-7-9-11-19)40-26(27)34-15-29-21-23(33(4)18-12-13-18)30-17(3)31-24(21)34/h1,7-11,15-16,18,20,22,26,35H,12-14H2,2-5H3,(H,32,37)/t16-,20+,22+,26+,27+,42?/m0/s1. The lowest BCUT2D eigenvalue weighted by Crippen LogP contribution is -2.42. The number of nitrogens with zero attached hydrogens (tertiary/aromatic N) is 5. The van der Waals surface area contributed by atoms with Crippen molar-refractivity contribution in [1.82, 2.24) is 24.6 Å². The number of halogens is 1. The van der Waals surface area contributed by atoms with E-state index < -0.39 is 50.5 Å². The second-order valence-electron chi connectivity index (χ2n) is 10.2. The van der Waals surface area contributed by atoms with Crippen LogP contribution in [0, 0.1) is 19.3 Å². The average Bonchev–Trinajstić information content (AvgIpc) is 3.70. The van der Waals surface area contributed by atoms with Crippen molar-refractivity contribution < 1.29 is 37.4 Å². The second kappa shape index (κ2) is 11.6. The molecule has 15 heteroatoms. The Morgan fingerprint density at radius 1 is 1.38 bits per heavy atom. The Labute approximate surface area is 241 Å². The van der Waals surface area contributed by atoms with Gasteiger partial charge in [0.05, 0.1) is 20.0 Å². The Hall–Kier alpha value is -3.60. The highest BCUT2D eigenvalue weighted by atomic mass is 31.2. The molecule has 42 heavy (non-hydrogen) atoms. The third kappa shape index (κ3) is 5.71. The van der Waals surface area contributed by atoms with Crippen LogP contribution in [0.15, 0.2) is 36.7 Å². The number of benzene rings is 1. The van der Waals surface area contributed by atoms with Crippen LogP contribution in [0.1, 0.15) is 31.8 Å². The summed E-state index contributed by atoms with van der Waals surface area (Å²) in [5, 5.41) is 13.5. The minimum Gasteiger partial charge on any atom is -0.468 e. The summed E-state index contributed by atoms with van der Waals surface area (Å²) in [7, 11) is -1.22. The maximum Gasteiger partial charge on any atom is 0.459 e. The van der Waals surface area contributed by atoms with E-state index in [4.69, 9.17) is 24.9 Å². The number of esters is 1. The molecule has 1 aliphatic carbocycles. The predicted molar refractivity (Wildman–Crippen MR) is 149 cm³/mol. The molecule has 1 saturated heterocycles. The number of rotatable bonds is 11. The molecule has 0 bridgehead atoms. The fourth-order valence-corrected chi connectivity index (χ4v) is 6.22. The number of para-hydroxylation sites is 1. The van der Waals surface area contributed by atoms with Crippen molar-refractivity contribution in [1.29, 1.82) is 0 Å². The number of hydrogen-bond acceptors (Lipinski definition) is 11. The zero-order valence-electron chi connectivity index (χ0n) is 23.5. The zero-order chi connectivity index (χ0) is 30.2. The van der Waals surface area contributed by atoms with Gasteiger partial charge in [0, 0.05) is 13.1 Å². The minimum absolute atomic E-state index is 0.173. The number of aliphatic hydroxyl groups is 1. The largest absolute Gasteiger partial charge is 0.468 e. The van der Waals surface area contributed by atoms with Crippen molar-refractivity contribution >= 4 is 30.7 Å². The number of alkyl halides is 1. The molecular weight excluding hydrogens is 570 g/mol. The van der Waals surface area contributed by atoms with Gasteiger partial charge in [-0.1, -0.05) is 24.1 Å². The monoisotopic (exact) mass is 602 g/mol. The summed E-state index contributed by atoms with van der Waals surface area (Å²) >= 11 is 0. The topological polar surface area (TPSA) is 150 Å². The van der Waals surface area contributed by atoms with E-state index in [0.29, 0.717) is 23.2 Å². The second-order valence-corrected chi connectivity index (χ2v) is 11.9. The Morgan fingerprint density at radius 3 is 2.74 bits per heavy atom. The number of methoxy groups -OCH3 is 1. The number of carbonyl (C=O) groups excluding carboxylic acids is 1. The molecule has 0 amide bonds. The number of aromatic nitrogens is 4. The summed E-state index contributed by atoms with van der Waals surface area (Å²) in [6.45, 7) is 2.49. The number of carbonyl (C=O) groups is 1. The van der Waals surface area contributed by atoms with Crippen LogP contribution in [-0.2, 0) is 23.4 Å². The van der Waals surface area contributed by atoms with E-state index in [1.807, 2.05) is 17.9 Å². The first-order chi connectivity index (χ1) is 20.0. The van der Waals surface area contributed by atoms with Gasteiger partial charge < -0.3 is 24.0 Å². The van der Waals surface area contributed by atoms with E-state index in [2.05, 4.69) is 20.0 Å². The molecule has 5 rings (SSSR count). The van der Waals surface area contributed by atoms with Gasteiger partial charge in [0.25, 0.3) is 0 Å². The molecular formula is C27H32FN6O7P. The third-order valence-corrected chi connectivity index (χ3v) is 8.79. The van der Waals surface area contributed by atoms with E-state index in [0.717, 1.165) is 12.8 Å². The highest BCUT2D eigenvalue weighted by molar-refractivity contribution is 7.52. The first-order valence-corrected chi connectivity index (χ1v) is 14.8. The van der Waals surface area contributed by atoms with Crippen LogP contribution in [0.2, 0.25) is 0 Å². The van der Waals surface area contributed by atoms with Gasteiger partial charge in [0.15, 0.2) is 23.2 Å². The fourth-order valence-electron chi connectivity index (χ4n) is 4.72. The van der Waals surface area contributed by atoms with Gasteiger partial charge in [0.2, 0.25) is 5.67 Å². The minimum atomic E-state index is -4.30. The van der Waals surface area contributed by atoms with Gasteiger partial charge in [-0.2, -0.15) is 5.09 Å². The lowest BCUT2D eigenvalue weighted by atomic mass is 9.97. The number of imidazole rings is 1. The van der Waals surface area contributed by atoms with Crippen molar-refractivity contribution in [2.75, 3.05) is 25.7 Å². The quantitative estimate of drug-likeness (QED) is 0.189. The number of anilines is 1. The summed E-state index contributed by atoms with van der Waals surface area (Å²) in [4.78, 5) is 27.4. The molecule has 3 heterocycles.